The fraction of sp³-hybridized carbons (Fsp3) is 0. The third kappa shape index (κ3) is 4.07. The quantitative estimate of drug-likeness (QED) is 0.287. The highest BCUT2D eigenvalue weighted by Gasteiger charge is 1.82. The first-order valence-electron chi connectivity index (χ1n) is 3.67. The topological polar surface area (TPSA) is 62.4 Å². The average Bonchev–Trinajstić information content (AvgIpc) is 2.14. The second kappa shape index (κ2) is 5.10. The van der Waals surface area contributed by atoms with Crippen LogP contribution in [0.2, 0.25) is 0 Å². The number of aliphatic imine (C=N–C) groups is 1. The summed E-state index contributed by atoms with van der Waals surface area (Å²) in [5.41, 5.74) is 11.2. The summed E-state index contributed by atoms with van der Waals surface area (Å²) in [6.07, 6.45) is 1.48. The summed E-state index contributed by atoms with van der Waals surface area (Å²) in [6, 6.07) is 9.53. The van der Waals surface area contributed by atoms with E-state index in [1.807, 2.05) is 30.3 Å². The van der Waals surface area contributed by atoms with Crippen LogP contribution in [-0.2, 0) is 0 Å². The smallest absolute Gasteiger partial charge is 0.182 e. The lowest BCUT2D eigenvalue weighted by atomic mass is 10.3. The maximum absolute atomic E-state index is 5.17. The number of hydrogen-bond acceptors (Lipinski definition) is 2. The lowest BCUT2D eigenvalue weighted by Gasteiger charge is -1.99. The molecule has 1 aromatic carbocycles. The van der Waals surface area contributed by atoms with E-state index in [1.54, 1.807) is 0 Å². The summed E-state index contributed by atoms with van der Waals surface area (Å²) in [5.74, 6) is 0. The molecular formula is C8H10N4S. The first-order valence-corrected chi connectivity index (χ1v) is 4.08. The molecule has 0 fully saturated rings. The molecule has 4 nitrogen and oxygen atoms in total. The van der Waals surface area contributed by atoms with Crippen molar-refractivity contribution in [2.45, 2.75) is 0 Å². The van der Waals surface area contributed by atoms with E-state index in [-0.39, 0.29) is 5.11 Å². The van der Waals surface area contributed by atoms with E-state index in [9.17, 15) is 0 Å². The SMILES string of the molecule is NC(=S)NNC=Nc1ccccc1. The Balaban J connectivity index is 2.37. The van der Waals surface area contributed by atoms with E-state index in [0.29, 0.717) is 0 Å². The van der Waals surface area contributed by atoms with Crippen molar-refractivity contribution >= 4 is 29.4 Å². The van der Waals surface area contributed by atoms with Gasteiger partial charge in [0.2, 0.25) is 0 Å². The highest BCUT2D eigenvalue weighted by atomic mass is 32.1. The fourth-order valence-electron chi connectivity index (χ4n) is 0.724. The Morgan fingerprint density at radius 3 is 2.69 bits per heavy atom. The molecule has 1 rings (SSSR count). The number of benzene rings is 1. The fourth-order valence-corrected chi connectivity index (χ4v) is 0.783. The molecule has 0 radical (unpaired) electrons. The van der Waals surface area contributed by atoms with E-state index in [2.05, 4.69) is 28.1 Å². The lowest BCUT2D eigenvalue weighted by Crippen LogP contribution is -2.39. The van der Waals surface area contributed by atoms with Gasteiger partial charge in [-0.1, -0.05) is 18.2 Å². The Kier molecular flexibility index (Phi) is 3.72. The average molecular weight is 194 g/mol. The Hall–Kier alpha value is -1.62. The molecule has 0 unspecified atom stereocenters. The Bertz CT molecular complexity index is 296. The minimum atomic E-state index is 0.180. The van der Waals surface area contributed by atoms with Crippen LogP contribution in [0.4, 0.5) is 5.69 Å². The molecule has 0 heterocycles. The van der Waals surface area contributed by atoms with Crippen LogP contribution in [0.15, 0.2) is 35.3 Å². The monoisotopic (exact) mass is 194 g/mol. The van der Waals surface area contributed by atoms with Gasteiger partial charge in [0.05, 0.1) is 5.69 Å². The second-order valence-corrected chi connectivity index (χ2v) is 2.67. The Morgan fingerprint density at radius 1 is 1.38 bits per heavy atom. The summed E-state index contributed by atoms with van der Waals surface area (Å²) in [4.78, 5) is 4.06. The van der Waals surface area contributed by atoms with Crippen molar-refractivity contribution in [3.05, 3.63) is 30.3 Å². The maximum Gasteiger partial charge on any atom is 0.182 e. The van der Waals surface area contributed by atoms with Gasteiger partial charge in [-0.25, -0.2) is 4.99 Å². The van der Waals surface area contributed by atoms with E-state index < -0.39 is 0 Å². The van der Waals surface area contributed by atoms with Crippen molar-refractivity contribution in [2.75, 3.05) is 0 Å². The molecule has 0 spiro atoms. The van der Waals surface area contributed by atoms with Crippen LogP contribution in [0.1, 0.15) is 0 Å². The third-order valence-electron chi connectivity index (χ3n) is 1.23. The number of nitrogens with one attached hydrogen (secondary N) is 2. The summed E-state index contributed by atoms with van der Waals surface area (Å²) < 4.78 is 0. The van der Waals surface area contributed by atoms with Crippen LogP contribution in [0.3, 0.4) is 0 Å². The van der Waals surface area contributed by atoms with Gasteiger partial charge in [-0.15, -0.1) is 0 Å². The maximum atomic E-state index is 5.17. The van der Waals surface area contributed by atoms with Gasteiger partial charge in [-0.3, -0.25) is 10.9 Å². The summed E-state index contributed by atoms with van der Waals surface area (Å²) in [6.45, 7) is 0. The van der Waals surface area contributed by atoms with Crippen molar-refractivity contribution in [1.29, 1.82) is 0 Å². The minimum Gasteiger partial charge on any atom is -0.375 e. The van der Waals surface area contributed by atoms with Gasteiger partial charge in [-0.05, 0) is 24.4 Å². The first-order chi connectivity index (χ1) is 6.29. The molecule has 1 aromatic rings. The number of nitrogens with two attached hydrogens (primary N) is 1. The predicted octanol–water partition coefficient (Wildman–Crippen LogP) is 0.684. The highest BCUT2D eigenvalue weighted by molar-refractivity contribution is 7.80. The lowest BCUT2D eigenvalue weighted by molar-refractivity contribution is 0.887. The van der Waals surface area contributed by atoms with Crippen molar-refractivity contribution in [3.8, 4) is 0 Å². The molecule has 0 amide bonds. The zero-order chi connectivity index (χ0) is 9.52. The molecule has 68 valence electrons. The normalized spacial score (nSPS) is 9.85. The van der Waals surface area contributed by atoms with Gasteiger partial charge in [-0.2, -0.15) is 0 Å². The summed E-state index contributed by atoms with van der Waals surface area (Å²) >= 11 is 4.57. The predicted molar refractivity (Wildman–Crippen MR) is 57.7 cm³/mol. The molecule has 0 atom stereocenters. The van der Waals surface area contributed by atoms with Gasteiger partial charge in [0.25, 0.3) is 0 Å². The molecule has 0 bridgehead atoms. The largest absolute Gasteiger partial charge is 0.375 e. The molecule has 0 aliphatic rings. The standard InChI is InChI=1S/C8H10N4S/c9-8(13)12-11-6-10-7-4-2-1-3-5-7/h1-6H,(H,10,11)(H3,9,12,13). The molecule has 0 saturated carbocycles. The molecule has 0 aromatic heterocycles. The number of para-hydroxylation sites is 1. The molecule has 0 aliphatic heterocycles. The number of nitrogens with zero attached hydrogens (tertiary/aromatic N) is 1. The van der Waals surface area contributed by atoms with Gasteiger partial charge >= 0.3 is 0 Å². The van der Waals surface area contributed by atoms with Crippen LogP contribution in [0, 0.1) is 0 Å². The number of hydrazine groups is 1. The molecule has 5 heteroatoms. The summed E-state index contributed by atoms with van der Waals surface area (Å²) in [7, 11) is 0. The second-order valence-electron chi connectivity index (χ2n) is 2.23. The third-order valence-corrected chi connectivity index (χ3v) is 1.33. The van der Waals surface area contributed by atoms with E-state index in [0.717, 1.165) is 5.69 Å². The van der Waals surface area contributed by atoms with Crippen LogP contribution in [-0.4, -0.2) is 11.5 Å². The highest BCUT2D eigenvalue weighted by Crippen LogP contribution is 2.07. The molecule has 0 saturated heterocycles. The number of hydrogen-bond donors (Lipinski definition) is 3. The van der Waals surface area contributed by atoms with Crippen molar-refractivity contribution in [3.63, 3.8) is 0 Å². The zero-order valence-electron chi connectivity index (χ0n) is 6.90. The first kappa shape index (κ1) is 9.47. The van der Waals surface area contributed by atoms with Crippen molar-refractivity contribution < 1.29 is 0 Å². The Labute approximate surface area is 81.8 Å². The molecule has 0 aliphatic carbocycles. The number of rotatable bonds is 3. The van der Waals surface area contributed by atoms with Gasteiger partial charge in [0.15, 0.2) is 5.11 Å². The van der Waals surface area contributed by atoms with Crippen LogP contribution < -0.4 is 16.6 Å². The van der Waals surface area contributed by atoms with Gasteiger partial charge in [0, 0.05) is 0 Å². The summed E-state index contributed by atoms with van der Waals surface area (Å²) in [5, 5.41) is 0.180. The van der Waals surface area contributed by atoms with E-state index >= 15 is 0 Å². The van der Waals surface area contributed by atoms with Crippen LogP contribution in [0.25, 0.3) is 0 Å². The molecular weight excluding hydrogens is 184 g/mol. The van der Waals surface area contributed by atoms with Crippen molar-refractivity contribution in [2.24, 2.45) is 10.7 Å². The van der Waals surface area contributed by atoms with E-state index in [1.165, 1.54) is 6.34 Å². The van der Waals surface area contributed by atoms with E-state index in [4.69, 9.17) is 5.73 Å². The van der Waals surface area contributed by atoms with Gasteiger partial charge < -0.3 is 5.73 Å². The Morgan fingerprint density at radius 2 is 2.08 bits per heavy atom. The minimum absolute atomic E-state index is 0.180. The van der Waals surface area contributed by atoms with Gasteiger partial charge in [0.1, 0.15) is 6.34 Å². The van der Waals surface area contributed by atoms with Crippen molar-refractivity contribution in [1.82, 2.24) is 10.9 Å². The van der Waals surface area contributed by atoms with Crippen LogP contribution in [0.5, 0.6) is 0 Å². The number of thiocarbonyl (C=S) groups is 1. The van der Waals surface area contributed by atoms with Crippen LogP contribution >= 0.6 is 12.2 Å². The molecule has 4 N–H and O–H groups in total. The zero-order valence-corrected chi connectivity index (χ0v) is 7.71. The molecule has 13 heavy (non-hydrogen) atoms.